The van der Waals surface area contributed by atoms with Crippen LogP contribution in [0.1, 0.15) is 22.7 Å². The number of halogens is 2. The summed E-state index contributed by atoms with van der Waals surface area (Å²) in [5, 5.41) is 8.45. The minimum atomic E-state index is 0.216. The molecule has 5 heteroatoms. The molecule has 2 aromatic heterocycles. The predicted molar refractivity (Wildman–Crippen MR) is 76.9 cm³/mol. The van der Waals surface area contributed by atoms with E-state index in [2.05, 4.69) is 39.6 Å². The Morgan fingerprint density at radius 3 is 2.81 bits per heavy atom. The van der Waals surface area contributed by atoms with E-state index in [1.54, 1.807) is 22.7 Å². The number of thiophene rings is 2. The topological polar surface area (TPSA) is 12.0 Å². The van der Waals surface area contributed by atoms with Gasteiger partial charge in [0.25, 0.3) is 0 Å². The summed E-state index contributed by atoms with van der Waals surface area (Å²) in [6, 6.07) is 4.32. The minimum Gasteiger partial charge on any atom is -0.305 e. The molecule has 0 amide bonds. The van der Waals surface area contributed by atoms with E-state index in [9.17, 15) is 0 Å². The molecule has 1 atom stereocenters. The van der Waals surface area contributed by atoms with Crippen molar-refractivity contribution in [1.82, 2.24) is 5.32 Å². The van der Waals surface area contributed by atoms with Gasteiger partial charge in [0.05, 0.1) is 11.1 Å². The lowest BCUT2D eigenvalue weighted by Gasteiger charge is -2.15. The molecule has 0 aromatic carbocycles. The molecule has 1 nitrogen and oxygen atoms in total. The fourth-order valence-electron chi connectivity index (χ4n) is 1.52. The third kappa shape index (κ3) is 2.68. The first kappa shape index (κ1) is 12.6. The molecule has 1 unspecified atom stereocenters. The zero-order valence-corrected chi connectivity index (χ0v) is 12.6. The monoisotopic (exact) mass is 335 g/mol. The smallest absolute Gasteiger partial charge is 0.0780 e. The van der Waals surface area contributed by atoms with Crippen molar-refractivity contribution < 1.29 is 0 Å². The third-order valence-corrected chi connectivity index (χ3v) is 5.37. The van der Waals surface area contributed by atoms with Crippen molar-refractivity contribution in [2.24, 2.45) is 0 Å². The molecule has 16 heavy (non-hydrogen) atoms. The van der Waals surface area contributed by atoms with Crippen molar-refractivity contribution >= 4 is 50.2 Å². The van der Waals surface area contributed by atoms with Gasteiger partial charge in [0.2, 0.25) is 0 Å². The molecular formula is C11H11BrClNS2. The van der Waals surface area contributed by atoms with Crippen molar-refractivity contribution in [2.45, 2.75) is 13.0 Å². The van der Waals surface area contributed by atoms with Crippen molar-refractivity contribution in [1.29, 1.82) is 0 Å². The van der Waals surface area contributed by atoms with Gasteiger partial charge in [0, 0.05) is 19.6 Å². The van der Waals surface area contributed by atoms with Crippen LogP contribution in [0.2, 0.25) is 5.02 Å². The Labute approximate surface area is 117 Å². The van der Waals surface area contributed by atoms with Crippen molar-refractivity contribution in [2.75, 3.05) is 6.54 Å². The molecule has 0 aliphatic carbocycles. The Kier molecular flexibility index (Phi) is 4.44. The Hall–Kier alpha value is 0.130. The summed E-state index contributed by atoms with van der Waals surface area (Å²) in [5.41, 5.74) is 0. The van der Waals surface area contributed by atoms with Crippen LogP contribution < -0.4 is 5.32 Å². The van der Waals surface area contributed by atoms with Crippen LogP contribution in [-0.2, 0) is 0 Å². The quantitative estimate of drug-likeness (QED) is 0.835. The molecule has 2 heterocycles. The predicted octanol–water partition coefficient (Wildman–Crippen LogP) is 4.92. The lowest BCUT2D eigenvalue weighted by Crippen LogP contribution is -2.20. The molecule has 0 saturated heterocycles. The van der Waals surface area contributed by atoms with Crippen molar-refractivity contribution in [3.8, 4) is 0 Å². The van der Waals surface area contributed by atoms with E-state index >= 15 is 0 Å². The summed E-state index contributed by atoms with van der Waals surface area (Å²) in [4.78, 5) is 2.48. The molecule has 86 valence electrons. The molecule has 2 rings (SSSR count). The van der Waals surface area contributed by atoms with Gasteiger partial charge in [-0.2, -0.15) is 0 Å². The average molecular weight is 337 g/mol. The first-order valence-electron chi connectivity index (χ1n) is 4.92. The van der Waals surface area contributed by atoms with E-state index in [-0.39, 0.29) is 6.04 Å². The summed E-state index contributed by atoms with van der Waals surface area (Å²) >= 11 is 13.1. The molecule has 0 saturated carbocycles. The fourth-order valence-corrected chi connectivity index (χ4v) is 4.38. The fraction of sp³-hybridized carbons (Fsp3) is 0.273. The van der Waals surface area contributed by atoms with E-state index in [1.165, 1.54) is 9.75 Å². The maximum Gasteiger partial charge on any atom is 0.0780 e. The molecule has 0 radical (unpaired) electrons. The Morgan fingerprint density at radius 1 is 1.50 bits per heavy atom. The second-order valence-electron chi connectivity index (χ2n) is 3.29. The number of hydrogen-bond acceptors (Lipinski definition) is 3. The van der Waals surface area contributed by atoms with E-state index in [1.807, 2.05) is 11.4 Å². The van der Waals surface area contributed by atoms with Crippen LogP contribution in [0.25, 0.3) is 0 Å². The van der Waals surface area contributed by atoms with Crippen LogP contribution in [0.5, 0.6) is 0 Å². The van der Waals surface area contributed by atoms with Gasteiger partial charge >= 0.3 is 0 Å². The Bertz CT molecular complexity index is 466. The Morgan fingerprint density at radius 2 is 2.31 bits per heavy atom. The lowest BCUT2D eigenvalue weighted by molar-refractivity contribution is 0.649. The molecule has 0 aliphatic rings. The number of hydrogen-bond donors (Lipinski definition) is 1. The maximum atomic E-state index is 6.19. The van der Waals surface area contributed by atoms with Crippen LogP contribution in [0, 0.1) is 0 Å². The van der Waals surface area contributed by atoms with Gasteiger partial charge in [-0.25, -0.2) is 0 Å². The van der Waals surface area contributed by atoms with Crippen molar-refractivity contribution in [3.05, 3.63) is 42.1 Å². The normalized spacial score (nSPS) is 12.9. The largest absolute Gasteiger partial charge is 0.305 e. The van der Waals surface area contributed by atoms with Gasteiger partial charge in [0.15, 0.2) is 0 Å². The van der Waals surface area contributed by atoms with Gasteiger partial charge in [-0.05, 0) is 40.0 Å². The first-order valence-corrected chi connectivity index (χ1v) is 7.85. The zero-order chi connectivity index (χ0) is 11.5. The van der Waals surface area contributed by atoms with Crippen LogP contribution in [0.15, 0.2) is 27.4 Å². The second-order valence-corrected chi connectivity index (χ2v) is 6.50. The molecule has 0 aliphatic heterocycles. The van der Waals surface area contributed by atoms with Crippen LogP contribution in [0.4, 0.5) is 0 Å². The molecule has 0 fully saturated rings. The molecule has 0 bridgehead atoms. The number of nitrogens with one attached hydrogen (secondary N) is 1. The molecule has 2 aromatic rings. The van der Waals surface area contributed by atoms with E-state index < -0.39 is 0 Å². The van der Waals surface area contributed by atoms with Crippen molar-refractivity contribution in [3.63, 3.8) is 0 Å². The number of rotatable bonds is 4. The summed E-state index contributed by atoms with van der Waals surface area (Å²) in [6.45, 7) is 3.03. The highest BCUT2D eigenvalue weighted by atomic mass is 79.9. The maximum absolute atomic E-state index is 6.19. The Balaban J connectivity index is 2.34. The van der Waals surface area contributed by atoms with Gasteiger partial charge in [-0.15, -0.1) is 22.7 Å². The van der Waals surface area contributed by atoms with Crippen LogP contribution in [-0.4, -0.2) is 6.54 Å². The van der Waals surface area contributed by atoms with Gasteiger partial charge in [-0.1, -0.05) is 18.5 Å². The third-order valence-electron chi connectivity index (χ3n) is 2.19. The lowest BCUT2D eigenvalue weighted by atomic mass is 10.2. The molecule has 0 spiro atoms. The van der Waals surface area contributed by atoms with E-state index in [0.29, 0.717) is 0 Å². The first-order chi connectivity index (χ1) is 7.72. The van der Waals surface area contributed by atoms with Crippen LogP contribution >= 0.6 is 50.2 Å². The van der Waals surface area contributed by atoms with Crippen LogP contribution in [0.3, 0.4) is 0 Å². The molecular weight excluding hydrogens is 326 g/mol. The van der Waals surface area contributed by atoms with Gasteiger partial charge < -0.3 is 5.32 Å². The summed E-state index contributed by atoms with van der Waals surface area (Å²) in [5.74, 6) is 0. The zero-order valence-electron chi connectivity index (χ0n) is 8.67. The van der Waals surface area contributed by atoms with Gasteiger partial charge in [-0.3, -0.25) is 0 Å². The average Bonchev–Trinajstić information content (AvgIpc) is 2.84. The highest BCUT2D eigenvalue weighted by Crippen LogP contribution is 2.36. The van der Waals surface area contributed by atoms with Gasteiger partial charge in [0.1, 0.15) is 0 Å². The highest BCUT2D eigenvalue weighted by Gasteiger charge is 2.18. The highest BCUT2D eigenvalue weighted by molar-refractivity contribution is 9.10. The van der Waals surface area contributed by atoms with E-state index in [4.69, 9.17) is 11.6 Å². The minimum absolute atomic E-state index is 0.216. The van der Waals surface area contributed by atoms with E-state index in [0.717, 1.165) is 16.0 Å². The summed E-state index contributed by atoms with van der Waals surface area (Å²) in [6.07, 6.45) is 0. The summed E-state index contributed by atoms with van der Waals surface area (Å²) < 4.78 is 1.13. The SMILES string of the molecule is CCNC(c1cc(Br)cs1)c1sccc1Cl. The standard InChI is InChI=1S/C11H11BrClNS2/c1-2-14-10(9-5-7(12)6-16-9)11-8(13)3-4-15-11/h3-6,10,14H,2H2,1H3. The summed E-state index contributed by atoms with van der Waals surface area (Å²) in [7, 11) is 0. The molecule has 1 N–H and O–H groups in total. The second kappa shape index (κ2) is 5.65.